The van der Waals surface area contributed by atoms with Crippen molar-refractivity contribution in [3.8, 4) is 11.5 Å². The number of nitrogens with one attached hydrogen (secondary N) is 1. The summed E-state index contributed by atoms with van der Waals surface area (Å²) in [5.74, 6) is -0.292. The van der Waals surface area contributed by atoms with E-state index in [2.05, 4.69) is 5.32 Å². The second kappa shape index (κ2) is 11.0. The minimum absolute atomic E-state index is 0.160. The molecule has 0 saturated carbocycles. The zero-order valence-corrected chi connectivity index (χ0v) is 21.8. The molecule has 1 aromatic carbocycles. The van der Waals surface area contributed by atoms with Crippen molar-refractivity contribution in [1.29, 1.82) is 0 Å². The van der Waals surface area contributed by atoms with Crippen LogP contribution in [0.3, 0.4) is 0 Å². The first-order valence-electron chi connectivity index (χ1n) is 10.3. The Labute approximate surface area is 211 Å². The maximum absolute atomic E-state index is 12.5. The van der Waals surface area contributed by atoms with Crippen molar-refractivity contribution >= 4 is 68.5 Å². The number of methoxy groups -OCH3 is 1. The van der Waals surface area contributed by atoms with Gasteiger partial charge < -0.3 is 19.5 Å². The van der Waals surface area contributed by atoms with E-state index < -0.39 is 11.9 Å². The number of thiocarbonyl (C=S) groups is 1. The summed E-state index contributed by atoms with van der Waals surface area (Å²) in [5, 5.41) is 3.17. The molecular weight excluding hydrogens is 496 g/mol. The molecule has 1 fully saturated rings. The van der Waals surface area contributed by atoms with Crippen molar-refractivity contribution < 1.29 is 28.6 Å². The zero-order valence-electron chi connectivity index (χ0n) is 19.3. The molecular formula is C23H24N2O6S3. The lowest BCUT2D eigenvalue weighted by Crippen LogP contribution is -2.22. The lowest BCUT2D eigenvalue weighted by atomic mass is 10.1. The Kier molecular flexibility index (Phi) is 8.34. The molecule has 0 unspecified atom stereocenters. The molecule has 2 heterocycles. The zero-order chi connectivity index (χ0) is 25.0. The van der Waals surface area contributed by atoms with E-state index in [-0.39, 0.29) is 19.1 Å². The number of ether oxygens (including phenoxy) is 3. The predicted octanol–water partition coefficient (Wildman–Crippen LogP) is 4.40. The van der Waals surface area contributed by atoms with Crippen LogP contribution in [0.15, 0.2) is 23.1 Å². The lowest BCUT2D eigenvalue weighted by molar-refractivity contribution is -0.121. The molecule has 2 amide bonds. The molecule has 8 nitrogen and oxygen atoms in total. The molecule has 11 heteroatoms. The number of thiophene rings is 1. The largest absolute Gasteiger partial charge is 0.493 e. The number of thioether (sulfide) groups is 1. The average Bonchev–Trinajstić information content (AvgIpc) is 3.21. The summed E-state index contributed by atoms with van der Waals surface area (Å²) in [6.07, 6.45) is 1.72. The third-order valence-electron chi connectivity index (χ3n) is 4.95. The van der Waals surface area contributed by atoms with Crippen LogP contribution in [0.1, 0.15) is 33.3 Å². The van der Waals surface area contributed by atoms with Crippen molar-refractivity contribution in [3.05, 3.63) is 44.7 Å². The fraction of sp³-hybridized carbons (Fsp3) is 0.304. The molecule has 180 valence electrons. The number of aryl methyl sites for hydroxylation is 1. The summed E-state index contributed by atoms with van der Waals surface area (Å²) >= 11 is 7.69. The first-order valence-corrected chi connectivity index (χ1v) is 12.3. The van der Waals surface area contributed by atoms with Crippen molar-refractivity contribution in [2.75, 3.05) is 32.7 Å². The van der Waals surface area contributed by atoms with Gasteiger partial charge in [0.1, 0.15) is 9.32 Å². The number of rotatable bonds is 8. The fourth-order valence-electron chi connectivity index (χ4n) is 3.06. The number of anilines is 1. The quantitative estimate of drug-likeness (QED) is 0.311. The Hall–Kier alpha value is -2.89. The van der Waals surface area contributed by atoms with Crippen LogP contribution in [0.25, 0.3) is 6.08 Å². The maximum Gasteiger partial charge on any atom is 0.341 e. The third-order valence-corrected chi connectivity index (χ3v) is 7.56. The molecule has 34 heavy (non-hydrogen) atoms. The second-order valence-electron chi connectivity index (χ2n) is 7.20. The highest BCUT2D eigenvalue weighted by molar-refractivity contribution is 8.26. The highest BCUT2D eigenvalue weighted by Crippen LogP contribution is 2.35. The molecule has 0 aliphatic carbocycles. The Morgan fingerprint density at radius 3 is 2.59 bits per heavy atom. The number of benzene rings is 1. The van der Waals surface area contributed by atoms with Gasteiger partial charge in [-0.25, -0.2) is 4.79 Å². The average molecular weight is 521 g/mol. The van der Waals surface area contributed by atoms with Crippen LogP contribution in [-0.4, -0.2) is 54.4 Å². The number of carbonyl (C=O) groups excluding carboxylic acids is 3. The number of amides is 2. The normalized spacial score (nSPS) is 14.5. The fourth-order valence-corrected chi connectivity index (χ4v) is 5.30. The van der Waals surface area contributed by atoms with Gasteiger partial charge in [0.15, 0.2) is 18.1 Å². The Morgan fingerprint density at radius 2 is 1.97 bits per heavy atom. The summed E-state index contributed by atoms with van der Waals surface area (Å²) in [6.45, 7) is 5.37. The van der Waals surface area contributed by atoms with Gasteiger partial charge in [0.05, 0.1) is 24.2 Å². The van der Waals surface area contributed by atoms with Crippen molar-refractivity contribution in [3.63, 3.8) is 0 Å². The van der Waals surface area contributed by atoms with Gasteiger partial charge in [-0.3, -0.25) is 14.5 Å². The van der Waals surface area contributed by atoms with Crippen LogP contribution in [0.5, 0.6) is 11.5 Å². The van der Waals surface area contributed by atoms with Crippen LogP contribution >= 0.6 is 35.3 Å². The van der Waals surface area contributed by atoms with Gasteiger partial charge in [-0.2, -0.15) is 0 Å². The first kappa shape index (κ1) is 25.7. The minimum Gasteiger partial charge on any atom is -0.493 e. The van der Waals surface area contributed by atoms with E-state index in [4.69, 9.17) is 26.4 Å². The standard InChI is InChI=1S/C23H24N2O6S3/c1-6-30-22(28)19-12(2)13(3)33-20(19)24-18(26)11-31-15-8-7-14(9-16(15)29-5)10-17-21(27)25(4)23(32)34-17/h7-10H,6,11H2,1-5H3,(H,24,26)/b17-10-. The number of carbonyl (C=O) groups is 3. The SMILES string of the molecule is CCOC(=O)c1c(NC(=O)COc2ccc(/C=C3\SC(=S)N(C)C3=O)cc2OC)sc(C)c1C. The molecule has 0 atom stereocenters. The van der Waals surface area contributed by atoms with Crippen LogP contribution in [0.2, 0.25) is 0 Å². The highest BCUT2D eigenvalue weighted by Gasteiger charge is 2.28. The van der Waals surface area contributed by atoms with Gasteiger partial charge in [0.25, 0.3) is 11.8 Å². The number of hydrogen-bond donors (Lipinski definition) is 1. The van der Waals surface area contributed by atoms with E-state index in [0.29, 0.717) is 31.3 Å². The smallest absolute Gasteiger partial charge is 0.341 e. The van der Waals surface area contributed by atoms with E-state index >= 15 is 0 Å². The number of esters is 1. The molecule has 1 aliphatic rings. The molecule has 1 saturated heterocycles. The highest BCUT2D eigenvalue weighted by atomic mass is 32.2. The van der Waals surface area contributed by atoms with E-state index in [0.717, 1.165) is 16.0 Å². The Balaban J connectivity index is 1.70. The van der Waals surface area contributed by atoms with Gasteiger partial charge >= 0.3 is 5.97 Å². The molecule has 1 N–H and O–H groups in total. The number of hydrogen-bond acceptors (Lipinski definition) is 9. The summed E-state index contributed by atoms with van der Waals surface area (Å²) < 4.78 is 16.7. The second-order valence-corrected chi connectivity index (χ2v) is 10.1. The van der Waals surface area contributed by atoms with Crippen molar-refractivity contribution in [2.45, 2.75) is 20.8 Å². The van der Waals surface area contributed by atoms with Crippen LogP contribution in [-0.2, 0) is 14.3 Å². The van der Waals surface area contributed by atoms with Gasteiger partial charge in [0.2, 0.25) is 0 Å². The molecule has 0 radical (unpaired) electrons. The summed E-state index contributed by atoms with van der Waals surface area (Å²) in [7, 11) is 3.12. The molecule has 3 rings (SSSR count). The first-order chi connectivity index (χ1) is 16.2. The molecule has 1 aliphatic heterocycles. The Bertz CT molecular complexity index is 1190. The summed E-state index contributed by atoms with van der Waals surface area (Å²) in [5.41, 5.74) is 1.86. The molecule has 0 bridgehead atoms. The van der Waals surface area contributed by atoms with E-state index in [1.807, 2.05) is 13.8 Å². The topological polar surface area (TPSA) is 94.2 Å². The van der Waals surface area contributed by atoms with Gasteiger partial charge in [-0.1, -0.05) is 30.0 Å². The van der Waals surface area contributed by atoms with Gasteiger partial charge in [-0.05, 0) is 50.1 Å². The van der Waals surface area contributed by atoms with E-state index in [9.17, 15) is 14.4 Å². The van der Waals surface area contributed by atoms with Gasteiger partial charge in [-0.15, -0.1) is 11.3 Å². The number of nitrogens with zero attached hydrogens (tertiary/aromatic N) is 1. The monoisotopic (exact) mass is 520 g/mol. The van der Waals surface area contributed by atoms with Crippen LogP contribution in [0, 0.1) is 13.8 Å². The molecule has 0 spiro atoms. The minimum atomic E-state index is -0.474. The molecule has 2 aromatic rings. The lowest BCUT2D eigenvalue weighted by Gasteiger charge is -2.12. The van der Waals surface area contributed by atoms with E-state index in [1.165, 1.54) is 35.1 Å². The van der Waals surface area contributed by atoms with E-state index in [1.54, 1.807) is 38.2 Å². The van der Waals surface area contributed by atoms with Crippen molar-refractivity contribution in [1.82, 2.24) is 4.90 Å². The van der Waals surface area contributed by atoms with Gasteiger partial charge in [0, 0.05) is 11.9 Å². The predicted molar refractivity (Wildman–Crippen MR) is 138 cm³/mol. The van der Waals surface area contributed by atoms with Crippen molar-refractivity contribution in [2.24, 2.45) is 0 Å². The van der Waals surface area contributed by atoms with Crippen LogP contribution in [0.4, 0.5) is 5.00 Å². The Morgan fingerprint density at radius 1 is 1.24 bits per heavy atom. The molecule has 1 aromatic heterocycles. The summed E-state index contributed by atoms with van der Waals surface area (Å²) in [6, 6.07) is 5.12. The maximum atomic E-state index is 12.5. The summed E-state index contributed by atoms with van der Waals surface area (Å²) in [4.78, 5) is 39.9. The third kappa shape index (κ3) is 5.60. The number of likely N-dealkylation sites (N-methyl/N-ethyl adjacent to an activating group) is 1. The van der Waals surface area contributed by atoms with Crippen LogP contribution < -0.4 is 14.8 Å².